The van der Waals surface area contributed by atoms with Crippen LogP contribution >= 0.6 is 0 Å². The highest BCUT2D eigenvalue weighted by Crippen LogP contribution is 2.09. The van der Waals surface area contributed by atoms with E-state index in [-0.39, 0.29) is 5.91 Å². The third kappa shape index (κ3) is 4.62. The van der Waals surface area contributed by atoms with Crippen LogP contribution in [0.15, 0.2) is 30.3 Å². The predicted molar refractivity (Wildman–Crippen MR) is 81.4 cm³/mol. The van der Waals surface area contributed by atoms with Gasteiger partial charge in [-0.05, 0) is 37.8 Å². The van der Waals surface area contributed by atoms with Crippen molar-refractivity contribution in [3.63, 3.8) is 0 Å². The molecule has 110 valence electrons. The second-order valence-electron chi connectivity index (χ2n) is 5.43. The number of benzene rings is 1. The minimum absolute atomic E-state index is 0.0944. The summed E-state index contributed by atoms with van der Waals surface area (Å²) in [5, 5.41) is 3.28. The number of hydrogen-bond donors (Lipinski definition) is 2. The number of hydrogen-bond acceptors (Lipinski definition) is 3. The van der Waals surface area contributed by atoms with Gasteiger partial charge in [0, 0.05) is 19.6 Å². The van der Waals surface area contributed by atoms with Gasteiger partial charge in [-0.3, -0.25) is 4.79 Å². The SMILES string of the molecule is NC(CNCCc1ccccc1)C(=O)N1CCCCC1. The van der Waals surface area contributed by atoms with E-state index < -0.39 is 6.04 Å². The molecule has 1 aromatic carbocycles. The van der Waals surface area contributed by atoms with Gasteiger partial charge in [0.1, 0.15) is 0 Å². The van der Waals surface area contributed by atoms with E-state index in [0.717, 1.165) is 38.9 Å². The number of carbonyl (C=O) groups is 1. The second kappa shape index (κ2) is 8.02. The number of nitrogens with one attached hydrogen (secondary N) is 1. The molecule has 4 nitrogen and oxygen atoms in total. The Balaban J connectivity index is 1.64. The van der Waals surface area contributed by atoms with Crippen molar-refractivity contribution in [2.75, 3.05) is 26.2 Å². The number of piperidine rings is 1. The highest BCUT2D eigenvalue weighted by Gasteiger charge is 2.21. The van der Waals surface area contributed by atoms with Crippen LogP contribution in [0.2, 0.25) is 0 Å². The van der Waals surface area contributed by atoms with Gasteiger partial charge in [-0.2, -0.15) is 0 Å². The van der Waals surface area contributed by atoms with E-state index >= 15 is 0 Å². The summed E-state index contributed by atoms with van der Waals surface area (Å²) in [4.78, 5) is 14.0. The molecule has 2 rings (SSSR count). The number of amides is 1. The highest BCUT2D eigenvalue weighted by molar-refractivity contribution is 5.82. The van der Waals surface area contributed by atoms with Gasteiger partial charge in [-0.25, -0.2) is 0 Å². The lowest BCUT2D eigenvalue weighted by Crippen LogP contribution is -2.50. The van der Waals surface area contributed by atoms with E-state index in [9.17, 15) is 4.79 Å². The molecule has 1 unspecified atom stereocenters. The molecule has 0 aromatic heterocycles. The summed E-state index contributed by atoms with van der Waals surface area (Å²) in [5.41, 5.74) is 7.28. The van der Waals surface area contributed by atoms with E-state index in [1.165, 1.54) is 12.0 Å². The molecule has 3 N–H and O–H groups in total. The van der Waals surface area contributed by atoms with Crippen molar-refractivity contribution in [1.29, 1.82) is 0 Å². The van der Waals surface area contributed by atoms with Gasteiger partial charge >= 0.3 is 0 Å². The smallest absolute Gasteiger partial charge is 0.240 e. The largest absolute Gasteiger partial charge is 0.341 e. The Kier molecular flexibility index (Phi) is 6.02. The van der Waals surface area contributed by atoms with Crippen LogP contribution < -0.4 is 11.1 Å². The molecular formula is C16H25N3O. The van der Waals surface area contributed by atoms with Crippen molar-refractivity contribution in [1.82, 2.24) is 10.2 Å². The molecule has 1 fully saturated rings. The molecule has 20 heavy (non-hydrogen) atoms. The lowest BCUT2D eigenvalue weighted by molar-refractivity contribution is -0.133. The van der Waals surface area contributed by atoms with E-state index in [0.29, 0.717) is 6.54 Å². The summed E-state index contributed by atoms with van der Waals surface area (Å²) < 4.78 is 0. The molecule has 1 aliphatic heterocycles. The third-order valence-corrected chi connectivity index (χ3v) is 3.78. The lowest BCUT2D eigenvalue weighted by atomic mass is 10.1. The number of nitrogens with zero attached hydrogens (tertiary/aromatic N) is 1. The van der Waals surface area contributed by atoms with Gasteiger partial charge in [0.15, 0.2) is 0 Å². The van der Waals surface area contributed by atoms with Crippen LogP contribution in [0.5, 0.6) is 0 Å². The molecule has 0 bridgehead atoms. The Hall–Kier alpha value is -1.39. The molecule has 1 amide bonds. The summed E-state index contributed by atoms with van der Waals surface area (Å²) in [6, 6.07) is 9.91. The molecule has 1 heterocycles. The van der Waals surface area contributed by atoms with Crippen LogP contribution in [0, 0.1) is 0 Å². The van der Waals surface area contributed by atoms with Crippen molar-refractivity contribution in [3.8, 4) is 0 Å². The first-order valence-electron chi connectivity index (χ1n) is 7.56. The maximum Gasteiger partial charge on any atom is 0.240 e. The molecule has 0 saturated carbocycles. The van der Waals surface area contributed by atoms with Crippen LogP contribution in [0.25, 0.3) is 0 Å². The zero-order valence-corrected chi connectivity index (χ0v) is 12.1. The standard InChI is InChI=1S/C16H25N3O/c17-15(16(20)19-11-5-2-6-12-19)13-18-10-9-14-7-3-1-4-8-14/h1,3-4,7-8,15,18H,2,5-6,9-13,17H2. The summed E-state index contributed by atoms with van der Waals surface area (Å²) in [6.45, 7) is 3.15. The van der Waals surface area contributed by atoms with Gasteiger partial charge < -0.3 is 16.0 Å². The van der Waals surface area contributed by atoms with Crippen LogP contribution in [0.4, 0.5) is 0 Å². The molecule has 0 spiro atoms. The predicted octanol–water partition coefficient (Wildman–Crippen LogP) is 1.16. The van der Waals surface area contributed by atoms with Crippen molar-refractivity contribution < 1.29 is 4.79 Å². The molecule has 0 radical (unpaired) electrons. The van der Waals surface area contributed by atoms with Gasteiger partial charge in [0.05, 0.1) is 6.04 Å². The normalized spacial score (nSPS) is 16.9. The summed E-state index contributed by atoms with van der Waals surface area (Å²) in [7, 11) is 0. The quantitative estimate of drug-likeness (QED) is 0.766. The monoisotopic (exact) mass is 275 g/mol. The zero-order chi connectivity index (χ0) is 14.2. The molecular weight excluding hydrogens is 250 g/mol. The molecule has 1 aromatic rings. The van der Waals surface area contributed by atoms with Gasteiger partial charge in [-0.15, -0.1) is 0 Å². The van der Waals surface area contributed by atoms with Crippen LogP contribution in [-0.2, 0) is 11.2 Å². The minimum atomic E-state index is -0.413. The fourth-order valence-corrected chi connectivity index (χ4v) is 2.57. The molecule has 1 saturated heterocycles. The Morgan fingerprint density at radius 1 is 1.20 bits per heavy atom. The maximum atomic E-state index is 12.1. The zero-order valence-electron chi connectivity index (χ0n) is 12.1. The van der Waals surface area contributed by atoms with E-state index in [4.69, 9.17) is 5.73 Å². The second-order valence-corrected chi connectivity index (χ2v) is 5.43. The Morgan fingerprint density at radius 3 is 2.60 bits per heavy atom. The van der Waals surface area contributed by atoms with Gasteiger partial charge in [-0.1, -0.05) is 30.3 Å². The highest BCUT2D eigenvalue weighted by atomic mass is 16.2. The molecule has 1 aliphatic rings. The van der Waals surface area contributed by atoms with Crippen molar-refractivity contribution in [2.24, 2.45) is 5.73 Å². The Labute approximate surface area is 121 Å². The van der Waals surface area contributed by atoms with Crippen molar-refractivity contribution in [2.45, 2.75) is 31.7 Å². The Bertz CT molecular complexity index is 401. The lowest BCUT2D eigenvalue weighted by Gasteiger charge is -2.29. The van der Waals surface area contributed by atoms with Crippen LogP contribution in [0.1, 0.15) is 24.8 Å². The molecule has 0 aliphatic carbocycles. The first kappa shape index (κ1) is 15.0. The van der Waals surface area contributed by atoms with Gasteiger partial charge in [0.2, 0.25) is 5.91 Å². The average molecular weight is 275 g/mol. The topological polar surface area (TPSA) is 58.4 Å². The van der Waals surface area contributed by atoms with Crippen LogP contribution in [0.3, 0.4) is 0 Å². The van der Waals surface area contributed by atoms with Crippen molar-refractivity contribution in [3.05, 3.63) is 35.9 Å². The summed E-state index contributed by atoms with van der Waals surface area (Å²) in [6.07, 6.45) is 4.42. The minimum Gasteiger partial charge on any atom is -0.341 e. The fraction of sp³-hybridized carbons (Fsp3) is 0.562. The summed E-state index contributed by atoms with van der Waals surface area (Å²) >= 11 is 0. The molecule has 4 heteroatoms. The number of nitrogens with two attached hydrogens (primary N) is 1. The number of likely N-dealkylation sites (tertiary alicyclic amines) is 1. The molecule has 1 atom stereocenters. The number of rotatable bonds is 6. The van der Waals surface area contributed by atoms with E-state index in [2.05, 4.69) is 17.4 Å². The third-order valence-electron chi connectivity index (χ3n) is 3.78. The average Bonchev–Trinajstić information content (AvgIpc) is 2.52. The van der Waals surface area contributed by atoms with Crippen LogP contribution in [-0.4, -0.2) is 43.0 Å². The van der Waals surface area contributed by atoms with Crippen molar-refractivity contribution >= 4 is 5.91 Å². The van der Waals surface area contributed by atoms with E-state index in [1.807, 2.05) is 23.1 Å². The first-order valence-corrected chi connectivity index (χ1v) is 7.56. The van der Waals surface area contributed by atoms with Gasteiger partial charge in [0.25, 0.3) is 0 Å². The maximum absolute atomic E-state index is 12.1. The summed E-state index contributed by atoms with van der Waals surface area (Å²) in [5.74, 6) is 0.0944. The Morgan fingerprint density at radius 2 is 1.90 bits per heavy atom. The first-order chi connectivity index (χ1) is 9.77. The fourth-order valence-electron chi connectivity index (χ4n) is 2.57. The number of carbonyl (C=O) groups excluding carboxylic acids is 1. The van der Waals surface area contributed by atoms with E-state index in [1.54, 1.807) is 0 Å².